The lowest BCUT2D eigenvalue weighted by atomic mass is 9.67. The Morgan fingerprint density at radius 1 is 1.24 bits per heavy atom. The molecule has 3 atom stereocenters. The normalized spacial score (nSPS) is 28.8. The molecule has 2 saturated carbocycles. The number of nitrogens with zero attached hydrogens (tertiary/aromatic N) is 1. The van der Waals surface area contributed by atoms with E-state index in [0.717, 1.165) is 30.2 Å². The maximum absolute atomic E-state index is 12.5. The summed E-state index contributed by atoms with van der Waals surface area (Å²) in [6.45, 7) is 1.95. The fourth-order valence-corrected chi connectivity index (χ4v) is 4.26. The summed E-state index contributed by atoms with van der Waals surface area (Å²) in [5.74, 6) is 1.89. The summed E-state index contributed by atoms with van der Waals surface area (Å²) >= 11 is 6.10. The van der Waals surface area contributed by atoms with E-state index in [1.54, 1.807) is 6.20 Å². The van der Waals surface area contributed by atoms with Gasteiger partial charge in [0.05, 0.1) is 5.69 Å². The molecule has 2 aliphatic rings. The number of anilines is 1. The van der Waals surface area contributed by atoms with E-state index in [2.05, 4.69) is 10.3 Å². The fraction of sp³-hybridized carbons (Fsp3) is 0.647. The van der Waals surface area contributed by atoms with E-state index in [1.807, 2.05) is 13.0 Å². The van der Waals surface area contributed by atoms with Crippen LogP contribution in [0, 0.1) is 24.7 Å². The summed E-state index contributed by atoms with van der Waals surface area (Å²) in [5.41, 5.74) is 1.64. The summed E-state index contributed by atoms with van der Waals surface area (Å²) < 4.78 is 0. The molecule has 1 amide bonds. The van der Waals surface area contributed by atoms with Crippen LogP contribution in [0.25, 0.3) is 0 Å². The Kier molecular flexibility index (Phi) is 4.48. The van der Waals surface area contributed by atoms with Gasteiger partial charge in [-0.15, -0.1) is 0 Å². The number of pyridine rings is 1. The van der Waals surface area contributed by atoms with Gasteiger partial charge in [-0.1, -0.05) is 37.3 Å². The summed E-state index contributed by atoms with van der Waals surface area (Å²) in [6.07, 6.45) is 10.3. The lowest BCUT2D eigenvalue weighted by molar-refractivity contribution is -0.122. The van der Waals surface area contributed by atoms with Crippen LogP contribution in [0.15, 0.2) is 12.3 Å². The molecule has 1 aromatic heterocycles. The number of halogens is 1. The highest BCUT2D eigenvalue weighted by atomic mass is 35.5. The van der Waals surface area contributed by atoms with E-state index >= 15 is 0 Å². The van der Waals surface area contributed by atoms with Gasteiger partial charge in [-0.2, -0.15) is 0 Å². The highest BCUT2D eigenvalue weighted by molar-refractivity contribution is 6.32. The zero-order chi connectivity index (χ0) is 14.8. The predicted octanol–water partition coefficient (Wildman–Crippen LogP) is 4.59. The van der Waals surface area contributed by atoms with Gasteiger partial charge in [-0.25, -0.2) is 4.98 Å². The molecule has 1 aromatic rings. The van der Waals surface area contributed by atoms with E-state index in [0.29, 0.717) is 10.8 Å². The molecular formula is C17H23ClN2O. The minimum atomic E-state index is 0.122. The summed E-state index contributed by atoms with van der Waals surface area (Å²) in [5, 5.41) is 3.39. The minimum absolute atomic E-state index is 0.122. The van der Waals surface area contributed by atoms with Crippen LogP contribution in [-0.4, -0.2) is 10.9 Å². The Hall–Kier alpha value is -1.09. The number of nitrogens with one attached hydrogen (secondary N) is 1. The molecule has 3 nitrogen and oxygen atoms in total. The zero-order valence-corrected chi connectivity index (χ0v) is 13.3. The first-order valence-electron chi connectivity index (χ1n) is 8.07. The van der Waals surface area contributed by atoms with Crippen LogP contribution in [0.2, 0.25) is 5.15 Å². The second-order valence-electron chi connectivity index (χ2n) is 6.60. The van der Waals surface area contributed by atoms with Crippen molar-refractivity contribution in [1.82, 2.24) is 4.98 Å². The average Bonchev–Trinajstić information content (AvgIpc) is 2.50. The van der Waals surface area contributed by atoms with Gasteiger partial charge in [0.2, 0.25) is 5.91 Å². The molecule has 0 aliphatic heterocycles. The van der Waals surface area contributed by atoms with E-state index < -0.39 is 0 Å². The third kappa shape index (κ3) is 3.23. The van der Waals surface area contributed by atoms with Crippen LogP contribution in [0.3, 0.4) is 0 Å². The Balaban J connectivity index is 1.66. The molecular weight excluding hydrogens is 284 g/mol. The molecule has 3 unspecified atom stereocenters. The number of hydrogen-bond donors (Lipinski definition) is 1. The lowest BCUT2D eigenvalue weighted by Crippen LogP contribution is -2.34. The van der Waals surface area contributed by atoms with Crippen molar-refractivity contribution in [3.05, 3.63) is 23.0 Å². The maximum Gasteiger partial charge on any atom is 0.227 e. The molecule has 21 heavy (non-hydrogen) atoms. The monoisotopic (exact) mass is 306 g/mol. The van der Waals surface area contributed by atoms with Crippen molar-refractivity contribution in [2.75, 3.05) is 5.32 Å². The number of carbonyl (C=O) groups is 1. The van der Waals surface area contributed by atoms with Crippen molar-refractivity contribution in [1.29, 1.82) is 0 Å². The quantitative estimate of drug-likeness (QED) is 0.812. The number of aromatic nitrogens is 1. The smallest absolute Gasteiger partial charge is 0.227 e. The molecule has 2 fully saturated rings. The number of rotatable bonds is 2. The second kappa shape index (κ2) is 6.35. The Morgan fingerprint density at radius 2 is 2.00 bits per heavy atom. The van der Waals surface area contributed by atoms with Gasteiger partial charge in [0, 0.05) is 12.1 Å². The second-order valence-corrected chi connectivity index (χ2v) is 6.96. The van der Waals surface area contributed by atoms with E-state index in [9.17, 15) is 4.79 Å². The van der Waals surface area contributed by atoms with Crippen molar-refractivity contribution in [2.24, 2.45) is 17.8 Å². The zero-order valence-electron chi connectivity index (χ0n) is 12.6. The molecule has 114 valence electrons. The summed E-state index contributed by atoms with van der Waals surface area (Å²) in [4.78, 5) is 16.6. The first kappa shape index (κ1) is 14.8. The van der Waals surface area contributed by atoms with Gasteiger partial charge >= 0.3 is 0 Å². The van der Waals surface area contributed by atoms with Crippen molar-refractivity contribution >= 4 is 23.2 Å². The molecule has 3 rings (SSSR count). The Labute approximate surface area is 131 Å². The number of aryl methyl sites for hydroxylation is 1. The first-order valence-corrected chi connectivity index (χ1v) is 8.45. The van der Waals surface area contributed by atoms with Crippen LogP contribution in [0.1, 0.15) is 50.5 Å². The number of carbonyl (C=O) groups excluding carboxylic acids is 1. The molecule has 0 saturated heterocycles. The topological polar surface area (TPSA) is 42.0 Å². The van der Waals surface area contributed by atoms with Gasteiger partial charge in [0.25, 0.3) is 0 Å². The van der Waals surface area contributed by atoms with E-state index in [-0.39, 0.29) is 11.8 Å². The standard InChI is InChI=1S/C17H23ClN2O/c1-11-8-9-19-16(18)15(11)20-17(21)14-7-6-12-4-2-3-5-13(12)10-14/h8-9,12-14H,2-7,10H2,1H3,(H,20,21). The van der Waals surface area contributed by atoms with Crippen molar-refractivity contribution < 1.29 is 4.79 Å². The van der Waals surface area contributed by atoms with Crippen LogP contribution < -0.4 is 5.32 Å². The van der Waals surface area contributed by atoms with Crippen molar-refractivity contribution in [3.8, 4) is 0 Å². The van der Waals surface area contributed by atoms with E-state index in [4.69, 9.17) is 11.6 Å². The van der Waals surface area contributed by atoms with Gasteiger partial charge in [-0.3, -0.25) is 4.79 Å². The van der Waals surface area contributed by atoms with Crippen LogP contribution in [0.5, 0.6) is 0 Å². The van der Waals surface area contributed by atoms with Crippen LogP contribution in [-0.2, 0) is 4.79 Å². The first-order chi connectivity index (χ1) is 10.1. The lowest BCUT2D eigenvalue weighted by Gasteiger charge is -2.38. The van der Waals surface area contributed by atoms with Gasteiger partial charge in [0.15, 0.2) is 5.15 Å². The third-order valence-corrected chi connectivity index (χ3v) is 5.56. The predicted molar refractivity (Wildman–Crippen MR) is 85.4 cm³/mol. The molecule has 0 aromatic carbocycles. The number of amides is 1. The molecule has 0 radical (unpaired) electrons. The highest BCUT2D eigenvalue weighted by Crippen LogP contribution is 2.43. The fourth-order valence-electron chi connectivity index (χ4n) is 4.01. The number of fused-ring (bicyclic) bond motifs is 1. The van der Waals surface area contributed by atoms with E-state index in [1.165, 1.54) is 32.1 Å². The van der Waals surface area contributed by atoms with Crippen molar-refractivity contribution in [2.45, 2.75) is 51.9 Å². The Bertz CT molecular complexity index is 511. The Morgan fingerprint density at radius 3 is 2.76 bits per heavy atom. The summed E-state index contributed by atoms with van der Waals surface area (Å²) in [7, 11) is 0. The molecule has 0 bridgehead atoms. The summed E-state index contributed by atoms with van der Waals surface area (Å²) in [6, 6.07) is 1.87. The highest BCUT2D eigenvalue weighted by Gasteiger charge is 2.35. The largest absolute Gasteiger partial charge is 0.323 e. The molecule has 1 N–H and O–H groups in total. The van der Waals surface area contributed by atoms with Crippen LogP contribution in [0.4, 0.5) is 5.69 Å². The van der Waals surface area contributed by atoms with Gasteiger partial charge in [-0.05, 0) is 49.7 Å². The maximum atomic E-state index is 12.5. The van der Waals surface area contributed by atoms with Gasteiger partial charge in [0.1, 0.15) is 0 Å². The molecule has 0 spiro atoms. The number of hydrogen-bond acceptors (Lipinski definition) is 2. The molecule has 4 heteroatoms. The van der Waals surface area contributed by atoms with Crippen molar-refractivity contribution in [3.63, 3.8) is 0 Å². The minimum Gasteiger partial charge on any atom is -0.323 e. The third-order valence-electron chi connectivity index (χ3n) is 5.27. The molecule has 2 aliphatic carbocycles. The molecule has 1 heterocycles. The average molecular weight is 307 g/mol. The van der Waals surface area contributed by atoms with Gasteiger partial charge < -0.3 is 5.32 Å². The SMILES string of the molecule is Cc1ccnc(Cl)c1NC(=O)C1CCC2CCCCC2C1. The van der Waals surface area contributed by atoms with Crippen LogP contribution >= 0.6 is 11.6 Å².